The van der Waals surface area contributed by atoms with Crippen LogP contribution in [0.15, 0.2) is 41.3 Å². The molecule has 1 amide bonds. The Morgan fingerprint density at radius 1 is 1.21 bits per heavy atom. The molecule has 0 aromatic heterocycles. The van der Waals surface area contributed by atoms with Crippen molar-refractivity contribution >= 4 is 16.1 Å². The average molecular weight is 351 g/mol. The molecule has 1 aromatic carbocycles. The number of ether oxygens (including phenoxy) is 1. The minimum absolute atomic E-state index is 0.0145. The minimum atomic E-state index is -3.92. The second-order valence-corrected chi connectivity index (χ2v) is 8.01. The highest BCUT2D eigenvalue weighted by Crippen LogP contribution is 2.25. The average Bonchev–Trinajstić information content (AvgIpc) is 2.59. The number of hydrogen-bond acceptors (Lipinski definition) is 4. The zero-order valence-corrected chi connectivity index (χ0v) is 15.1. The van der Waals surface area contributed by atoms with E-state index in [0.29, 0.717) is 5.92 Å². The second-order valence-electron chi connectivity index (χ2n) is 6.15. The molecule has 6 heteroatoms. The topological polar surface area (TPSA) is 63.7 Å². The van der Waals surface area contributed by atoms with E-state index in [9.17, 15) is 13.2 Å². The van der Waals surface area contributed by atoms with Gasteiger partial charge in [-0.05, 0) is 37.8 Å². The summed E-state index contributed by atoms with van der Waals surface area (Å²) in [4.78, 5) is 12.1. The maximum absolute atomic E-state index is 12.7. The van der Waals surface area contributed by atoms with Crippen LogP contribution in [-0.2, 0) is 14.8 Å². The molecule has 0 heterocycles. The summed E-state index contributed by atoms with van der Waals surface area (Å²) in [5.41, 5.74) is 0.954. The van der Waals surface area contributed by atoms with E-state index in [1.54, 1.807) is 18.2 Å². The molecule has 0 saturated heterocycles. The molecule has 0 aliphatic heterocycles. The largest absolute Gasteiger partial charge is 0.452 e. The van der Waals surface area contributed by atoms with Gasteiger partial charge in [0.15, 0.2) is 0 Å². The first kappa shape index (κ1) is 18.5. The number of rotatable bonds is 5. The third-order valence-electron chi connectivity index (χ3n) is 4.32. The van der Waals surface area contributed by atoms with Gasteiger partial charge in [0.2, 0.25) is 0 Å². The Kier molecular flexibility index (Phi) is 6.43. The molecule has 0 bridgehead atoms. The van der Waals surface area contributed by atoms with Gasteiger partial charge in [0, 0.05) is 0 Å². The number of carbonyl (C=O) groups excluding carboxylic acids is 1. The molecule has 132 valence electrons. The van der Waals surface area contributed by atoms with Crippen molar-refractivity contribution in [2.24, 2.45) is 5.92 Å². The van der Waals surface area contributed by atoms with Crippen LogP contribution in [0.4, 0.5) is 4.79 Å². The van der Waals surface area contributed by atoms with Gasteiger partial charge in [-0.2, -0.15) is 4.31 Å². The van der Waals surface area contributed by atoms with E-state index in [1.807, 2.05) is 13.0 Å². The zero-order chi connectivity index (χ0) is 17.6. The number of methoxy groups -OCH3 is 1. The first-order chi connectivity index (χ1) is 11.4. The third kappa shape index (κ3) is 4.60. The van der Waals surface area contributed by atoms with Gasteiger partial charge >= 0.3 is 6.09 Å². The van der Waals surface area contributed by atoms with Gasteiger partial charge in [-0.3, -0.25) is 0 Å². The Hall–Kier alpha value is -1.82. The lowest BCUT2D eigenvalue weighted by Gasteiger charge is -2.21. The first-order valence-corrected chi connectivity index (χ1v) is 9.73. The van der Waals surface area contributed by atoms with Crippen LogP contribution < -0.4 is 0 Å². The van der Waals surface area contributed by atoms with Crippen molar-refractivity contribution < 1.29 is 17.9 Å². The van der Waals surface area contributed by atoms with Gasteiger partial charge in [0.25, 0.3) is 10.0 Å². The highest BCUT2D eigenvalue weighted by molar-refractivity contribution is 7.89. The van der Waals surface area contributed by atoms with Crippen molar-refractivity contribution in [3.05, 3.63) is 42.0 Å². The molecule has 24 heavy (non-hydrogen) atoms. The summed E-state index contributed by atoms with van der Waals surface area (Å²) in [5.74, 6) is 0.473. The standard InChI is InChI=1S/C18H25NO4S/c1-15-10-12-17(13-11-15)24(21,22)19(18(20)23-2)14-6-9-16-7-4-3-5-8-16/h6,9-13,16H,3-5,7-8,14H2,1-2H3/b9-6+. The SMILES string of the molecule is COC(=O)N(C/C=C/C1CCCCC1)S(=O)(=O)c1ccc(C)cc1. The van der Waals surface area contributed by atoms with Crippen LogP contribution in [0.3, 0.4) is 0 Å². The van der Waals surface area contributed by atoms with Crippen molar-refractivity contribution in [1.82, 2.24) is 4.31 Å². The smallest absolute Gasteiger partial charge is 0.423 e. The normalized spacial score (nSPS) is 16.2. The van der Waals surface area contributed by atoms with Crippen LogP contribution in [0.2, 0.25) is 0 Å². The van der Waals surface area contributed by atoms with E-state index >= 15 is 0 Å². The van der Waals surface area contributed by atoms with Gasteiger partial charge < -0.3 is 4.74 Å². The highest BCUT2D eigenvalue weighted by atomic mass is 32.2. The van der Waals surface area contributed by atoms with Gasteiger partial charge in [-0.25, -0.2) is 13.2 Å². The maximum Gasteiger partial charge on any atom is 0.423 e. The molecular weight excluding hydrogens is 326 g/mol. The number of sulfonamides is 1. The summed E-state index contributed by atoms with van der Waals surface area (Å²) in [5, 5.41) is 0. The quantitative estimate of drug-likeness (QED) is 0.755. The Balaban J connectivity index is 2.16. The van der Waals surface area contributed by atoms with Crippen molar-refractivity contribution in [2.75, 3.05) is 13.7 Å². The predicted octanol–water partition coefficient (Wildman–Crippen LogP) is 3.89. The number of hydrogen-bond donors (Lipinski definition) is 0. The van der Waals surface area contributed by atoms with Gasteiger partial charge in [0.1, 0.15) is 0 Å². The predicted molar refractivity (Wildman–Crippen MR) is 93.2 cm³/mol. The first-order valence-electron chi connectivity index (χ1n) is 8.29. The molecule has 1 fully saturated rings. The van der Waals surface area contributed by atoms with E-state index in [-0.39, 0.29) is 11.4 Å². The van der Waals surface area contributed by atoms with Crippen LogP contribution in [0.5, 0.6) is 0 Å². The fraction of sp³-hybridized carbons (Fsp3) is 0.500. The fourth-order valence-corrected chi connectivity index (χ4v) is 4.17. The summed E-state index contributed by atoms with van der Waals surface area (Å²) < 4.78 is 30.9. The molecule has 0 atom stereocenters. The van der Waals surface area contributed by atoms with E-state index in [4.69, 9.17) is 0 Å². The summed E-state index contributed by atoms with van der Waals surface area (Å²) in [6.07, 6.45) is 8.84. The van der Waals surface area contributed by atoms with Crippen molar-refractivity contribution in [3.8, 4) is 0 Å². The Morgan fingerprint density at radius 3 is 2.42 bits per heavy atom. The lowest BCUT2D eigenvalue weighted by atomic mass is 9.89. The van der Waals surface area contributed by atoms with Crippen molar-refractivity contribution in [2.45, 2.75) is 43.9 Å². The van der Waals surface area contributed by atoms with E-state index in [2.05, 4.69) is 4.74 Å². The molecule has 0 N–H and O–H groups in total. The lowest BCUT2D eigenvalue weighted by molar-refractivity contribution is 0.151. The Bertz CT molecular complexity index is 673. The molecular formula is C18H25NO4S. The molecule has 1 aliphatic carbocycles. The number of benzene rings is 1. The van der Waals surface area contributed by atoms with Crippen molar-refractivity contribution in [3.63, 3.8) is 0 Å². The minimum Gasteiger partial charge on any atom is -0.452 e. The molecule has 1 aliphatic rings. The summed E-state index contributed by atoms with van der Waals surface area (Å²) in [6.45, 7) is 1.86. The number of carbonyl (C=O) groups is 1. The van der Waals surface area contributed by atoms with Gasteiger partial charge in [-0.1, -0.05) is 49.1 Å². The number of amides is 1. The monoisotopic (exact) mass is 351 g/mol. The Morgan fingerprint density at radius 2 is 1.83 bits per heavy atom. The molecule has 5 nitrogen and oxygen atoms in total. The summed E-state index contributed by atoms with van der Waals surface area (Å²) in [7, 11) is -2.74. The summed E-state index contributed by atoms with van der Waals surface area (Å²) >= 11 is 0. The zero-order valence-electron chi connectivity index (χ0n) is 14.3. The van der Waals surface area contributed by atoms with Crippen LogP contribution in [-0.4, -0.2) is 32.5 Å². The Labute approximate surface area is 144 Å². The van der Waals surface area contributed by atoms with E-state index < -0.39 is 16.1 Å². The van der Waals surface area contributed by atoms with E-state index in [0.717, 1.165) is 22.7 Å². The highest BCUT2D eigenvalue weighted by Gasteiger charge is 2.29. The van der Waals surface area contributed by atoms with Crippen molar-refractivity contribution in [1.29, 1.82) is 0 Å². The molecule has 2 rings (SSSR count). The molecule has 0 unspecified atom stereocenters. The number of nitrogens with zero attached hydrogens (tertiary/aromatic N) is 1. The number of allylic oxidation sites excluding steroid dienone is 1. The number of aryl methyl sites for hydroxylation is 1. The van der Waals surface area contributed by atoms with Gasteiger partial charge in [0.05, 0.1) is 18.6 Å². The fourth-order valence-electron chi connectivity index (χ4n) is 2.89. The van der Waals surface area contributed by atoms with Gasteiger partial charge in [-0.15, -0.1) is 0 Å². The van der Waals surface area contributed by atoms with E-state index in [1.165, 1.54) is 38.5 Å². The second kappa shape index (κ2) is 8.33. The van der Waals surface area contributed by atoms with Crippen LogP contribution in [0.25, 0.3) is 0 Å². The summed E-state index contributed by atoms with van der Waals surface area (Å²) in [6, 6.07) is 6.43. The van der Waals surface area contributed by atoms with Crippen LogP contribution >= 0.6 is 0 Å². The maximum atomic E-state index is 12.7. The molecule has 1 aromatic rings. The third-order valence-corrected chi connectivity index (χ3v) is 6.06. The van der Waals surface area contributed by atoms with Crippen LogP contribution in [0, 0.1) is 12.8 Å². The molecule has 0 radical (unpaired) electrons. The van der Waals surface area contributed by atoms with Crippen LogP contribution in [0.1, 0.15) is 37.7 Å². The lowest BCUT2D eigenvalue weighted by Crippen LogP contribution is -2.37. The molecule has 0 spiro atoms. The molecule has 1 saturated carbocycles.